The Morgan fingerprint density at radius 2 is 1.59 bits per heavy atom. The van der Waals surface area contributed by atoms with E-state index in [1.54, 1.807) is 0 Å². The first-order chi connectivity index (χ1) is 13.8. The molecule has 0 fully saturated rings. The monoisotopic (exact) mass is 396 g/mol. The fraction of sp³-hybridized carbons (Fsp3) is 0.417. The zero-order chi connectivity index (χ0) is 21.4. The Bertz CT molecular complexity index is 808. The summed E-state index contributed by atoms with van der Waals surface area (Å²) in [7, 11) is 0. The number of quaternary nitrogens is 1. The van der Waals surface area contributed by atoms with Gasteiger partial charge in [0.1, 0.15) is 6.04 Å². The minimum atomic E-state index is -0.216. The molecule has 4 N–H and O–H groups in total. The van der Waals surface area contributed by atoms with Crippen molar-refractivity contribution in [2.45, 2.75) is 47.1 Å². The van der Waals surface area contributed by atoms with Crippen molar-refractivity contribution in [2.75, 3.05) is 18.4 Å². The number of amides is 2. The Morgan fingerprint density at radius 3 is 2.14 bits per heavy atom. The number of aryl methyl sites for hydroxylation is 3. The molecule has 0 radical (unpaired) electrons. The third kappa shape index (κ3) is 6.71. The number of nitrogens with one attached hydrogen (secondary N) is 2. The van der Waals surface area contributed by atoms with Gasteiger partial charge in [-0.2, -0.15) is 0 Å². The average Bonchev–Trinajstić information content (AvgIpc) is 2.69. The van der Waals surface area contributed by atoms with Crippen molar-refractivity contribution >= 4 is 17.5 Å². The normalized spacial score (nSPS) is 11.9. The van der Waals surface area contributed by atoms with E-state index < -0.39 is 0 Å². The van der Waals surface area contributed by atoms with Crippen LogP contribution >= 0.6 is 0 Å². The largest absolute Gasteiger partial charge is 0.342 e. The van der Waals surface area contributed by atoms with Gasteiger partial charge in [-0.05, 0) is 37.0 Å². The number of carbonyl (C=O) groups excluding carboxylic acids is 2. The molecule has 0 aliphatic carbocycles. The van der Waals surface area contributed by atoms with Gasteiger partial charge in [0.05, 0.1) is 6.54 Å². The maximum Gasteiger partial charge on any atom is 0.275 e. The first-order valence-electron chi connectivity index (χ1n) is 10.4. The molecule has 0 saturated carbocycles. The van der Waals surface area contributed by atoms with Crippen LogP contribution in [0.2, 0.25) is 0 Å². The van der Waals surface area contributed by atoms with Crippen LogP contribution in [-0.2, 0) is 16.0 Å². The van der Waals surface area contributed by atoms with Crippen molar-refractivity contribution < 1.29 is 14.9 Å². The molecule has 0 aliphatic heterocycles. The number of anilines is 1. The number of para-hydroxylation sites is 1. The van der Waals surface area contributed by atoms with Gasteiger partial charge < -0.3 is 16.0 Å². The lowest BCUT2D eigenvalue weighted by Crippen LogP contribution is -2.88. The van der Waals surface area contributed by atoms with E-state index in [9.17, 15) is 9.59 Å². The number of hydrogen-bond acceptors (Lipinski definition) is 2. The van der Waals surface area contributed by atoms with Crippen molar-refractivity contribution in [3.8, 4) is 0 Å². The summed E-state index contributed by atoms with van der Waals surface area (Å²) in [4.78, 5) is 24.5. The van der Waals surface area contributed by atoms with Crippen LogP contribution < -0.4 is 16.0 Å². The molecule has 0 aliphatic rings. The van der Waals surface area contributed by atoms with E-state index in [1.807, 2.05) is 37.4 Å². The molecule has 2 amide bonds. The van der Waals surface area contributed by atoms with E-state index in [4.69, 9.17) is 0 Å². The number of nitrogens with two attached hydrogens (primary N) is 1. The first-order valence-corrected chi connectivity index (χ1v) is 10.4. The van der Waals surface area contributed by atoms with Gasteiger partial charge in [0.15, 0.2) is 6.54 Å². The topological polar surface area (TPSA) is 74.8 Å². The SMILES string of the molecule is CCc1ccc([C@H]([NH2+]CC(=O)NCC(=O)Nc2c(C)cccc2C)C(C)C)cc1. The molecule has 2 aromatic rings. The summed E-state index contributed by atoms with van der Waals surface area (Å²) < 4.78 is 0. The molecular formula is C24H34N3O2+. The quantitative estimate of drug-likeness (QED) is 0.610. The van der Waals surface area contributed by atoms with E-state index in [0.717, 1.165) is 23.2 Å². The molecule has 0 heterocycles. The summed E-state index contributed by atoms with van der Waals surface area (Å²) in [6.07, 6.45) is 1.02. The molecule has 2 rings (SSSR count). The molecule has 0 spiro atoms. The highest BCUT2D eigenvalue weighted by Crippen LogP contribution is 2.19. The second kappa shape index (κ2) is 10.8. The van der Waals surface area contributed by atoms with Crippen LogP contribution in [0, 0.1) is 19.8 Å². The van der Waals surface area contributed by atoms with Gasteiger partial charge in [-0.15, -0.1) is 0 Å². The maximum atomic E-state index is 12.3. The van der Waals surface area contributed by atoms with Gasteiger partial charge >= 0.3 is 0 Å². The van der Waals surface area contributed by atoms with Crippen LogP contribution in [0.15, 0.2) is 42.5 Å². The van der Waals surface area contributed by atoms with Crippen LogP contribution in [0.5, 0.6) is 0 Å². The standard InChI is InChI=1S/C24H33N3O2/c1-6-19-10-12-20(13-11-19)23(16(2)3)26-14-21(28)25-15-22(29)27-24-17(4)8-7-9-18(24)5/h7-13,16,23,26H,6,14-15H2,1-5H3,(H,25,28)(H,27,29)/p+1/t23-/m1/s1. The molecule has 0 bridgehead atoms. The summed E-state index contributed by atoms with van der Waals surface area (Å²) in [5, 5.41) is 7.66. The lowest BCUT2D eigenvalue weighted by molar-refractivity contribution is -0.692. The molecule has 2 aromatic carbocycles. The molecule has 0 saturated heterocycles. The molecular weight excluding hydrogens is 362 g/mol. The van der Waals surface area contributed by atoms with Crippen LogP contribution in [0.3, 0.4) is 0 Å². The summed E-state index contributed by atoms with van der Waals surface area (Å²) in [6.45, 7) is 10.6. The molecule has 156 valence electrons. The Balaban J connectivity index is 1.85. The summed E-state index contributed by atoms with van der Waals surface area (Å²) in [5.41, 5.74) is 5.36. The zero-order valence-electron chi connectivity index (χ0n) is 18.2. The highest BCUT2D eigenvalue weighted by Gasteiger charge is 2.20. The van der Waals surface area contributed by atoms with Gasteiger partial charge in [-0.25, -0.2) is 0 Å². The van der Waals surface area contributed by atoms with Gasteiger partial charge in [-0.1, -0.05) is 63.2 Å². The second-order valence-electron chi connectivity index (χ2n) is 7.90. The predicted octanol–water partition coefficient (Wildman–Crippen LogP) is 2.88. The van der Waals surface area contributed by atoms with Crippen LogP contribution in [-0.4, -0.2) is 24.9 Å². The summed E-state index contributed by atoms with van der Waals surface area (Å²) >= 11 is 0. The Labute approximate surface area is 174 Å². The zero-order valence-corrected chi connectivity index (χ0v) is 18.2. The number of carbonyl (C=O) groups is 2. The highest BCUT2D eigenvalue weighted by atomic mass is 16.2. The molecule has 0 unspecified atom stereocenters. The van der Waals surface area contributed by atoms with E-state index >= 15 is 0 Å². The van der Waals surface area contributed by atoms with Gasteiger partial charge in [0.25, 0.3) is 5.91 Å². The van der Waals surface area contributed by atoms with E-state index in [0.29, 0.717) is 5.92 Å². The van der Waals surface area contributed by atoms with Gasteiger partial charge in [0.2, 0.25) is 5.91 Å². The molecule has 5 nitrogen and oxygen atoms in total. The average molecular weight is 397 g/mol. The fourth-order valence-corrected chi connectivity index (χ4v) is 3.45. The summed E-state index contributed by atoms with van der Waals surface area (Å²) in [5.74, 6) is 0.0337. The Kier molecular flexibility index (Phi) is 8.40. The van der Waals surface area contributed by atoms with Crippen molar-refractivity contribution in [3.63, 3.8) is 0 Å². The minimum absolute atomic E-state index is 0.0298. The number of hydrogen-bond donors (Lipinski definition) is 3. The lowest BCUT2D eigenvalue weighted by atomic mass is 9.95. The molecule has 0 aromatic heterocycles. The Morgan fingerprint density at radius 1 is 0.966 bits per heavy atom. The van der Waals surface area contributed by atoms with E-state index in [1.165, 1.54) is 11.1 Å². The van der Waals surface area contributed by atoms with Crippen LogP contribution in [0.1, 0.15) is 49.1 Å². The van der Waals surface area contributed by atoms with Crippen molar-refractivity contribution in [1.82, 2.24) is 5.32 Å². The highest BCUT2D eigenvalue weighted by molar-refractivity contribution is 5.95. The number of benzene rings is 2. The van der Waals surface area contributed by atoms with Crippen molar-refractivity contribution in [1.29, 1.82) is 0 Å². The van der Waals surface area contributed by atoms with E-state index in [2.05, 4.69) is 55.7 Å². The number of rotatable bonds is 9. The van der Waals surface area contributed by atoms with Crippen molar-refractivity contribution in [2.24, 2.45) is 5.92 Å². The predicted molar refractivity (Wildman–Crippen MR) is 118 cm³/mol. The van der Waals surface area contributed by atoms with Crippen LogP contribution in [0.4, 0.5) is 5.69 Å². The van der Waals surface area contributed by atoms with Gasteiger partial charge in [-0.3, -0.25) is 9.59 Å². The fourth-order valence-electron chi connectivity index (χ4n) is 3.45. The molecule has 29 heavy (non-hydrogen) atoms. The van der Waals surface area contributed by atoms with E-state index in [-0.39, 0.29) is 30.9 Å². The lowest BCUT2D eigenvalue weighted by Gasteiger charge is -2.20. The third-order valence-electron chi connectivity index (χ3n) is 5.24. The van der Waals surface area contributed by atoms with Gasteiger partial charge in [0, 0.05) is 17.2 Å². The second-order valence-corrected chi connectivity index (χ2v) is 7.90. The third-order valence-corrected chi connectivity index (χ3v) is 5.24. The maximum absolute atomic E-state index is 12.3. The summed E-state index contributed by atoms with van der Waals surface area (Å²) in [6, 6.07) is 14.7. The molecule has 5 heteroatoms. The first kappa shape index (κ1) is 22.6. The minimum Gasteiger partial charge on any atom is -0.342 e. The van der Waals surface area contributed by atoms with Crippen LogP contribution in [0.25, 0.3) is 0 Å². The smallest absolute Gasteiger partial charge is 0.275 e. The van der Waals surface area contributed by atoms with Crippen molar-refractivity contribution in [3.05, 3.63) is 64.7 Å². The Hall–Kier alpha value is -2.66. The molecule has 1 atom stereocenters.